The Morgan fingerprint density at radius 1 is 1.27 bits per heavy atom. The number of phenolic OH excluding ortho intramolecular Hbond substituents is 1. The Labute approximate surface area is 124 Å². The van der Waals surface area contributed by atoms with E-state index in [1.54, 1.807) is 0 Å². The first-order valence-electron chi connectivity index (χ1n) is 6.41. The summed E-state index contributed by atoms with van der Waals surface area (Å²) in [7, 11) is 0. The summed E-state index contributed by atoms with van der Waals surface area (Å²) in [5.41, 5.74) is -3.86. The Balaban J connectivity index is 3.07. The van der Waals surface area contributed by atoms with Gasteiger partial charge in [-0.1, -0.05) is 13.8 Å². The summed E-state index contributed by atoms with van der Waals surface area (Å²) in [5, 5.41) is 27.8. The van der Waals surface area contributed by atoms with Crippen molar-refractivity contribution in [1.82, 2.24) is 0 Å². The van der Waals surface area contributed by atoms with Gasteiger partial charge in [-0.05, 0) is 42.0 Å². The molecule has 0 amide bonds. The van der Waals surface area contributed by atoms with Crippen LogP contribution in [0.15, 0.2) is 18.2 Å². The summed E-state index contributed by atoms with van der Waals surface area (Å²) in [6.07, 6.45) is -6.47. The van der Waals surface area contributed by atoms with E-state index in [1.807, 2.05) is 0 Å². The van der Waals surface area contributed by atoms with E-state index in [0.717, 1.165) is 18.2 Å². The second-order valence-electron chi connectivity index (χ2n) is 5.34. The number of aliphatic hydroxyl groups is 1. The standard InChI is InChI=1S/C14H16F4O4/c1-7(6-13(22,12(20)21)14(16,17)18)8(2)10-5-9(15)3-4-11(10)19/h3-5,7-8,19,22H,6H2,1-2H3,(H,20,21). The highest BCUT2D eigenvalue weighted by molar-refractivity contribution is 5.78. The number of rotatable bonds is 5. The molecule has 1 aromatic rings. The minimum Gasteiger partial charge on any atom is -0.508 e. The minimum absolute atomic E-state index is 0.0439. The van der Waals surface area contributed by atoms with Crippen molar-refractivity contribution in [2.45, 2.75) is 38.0 Å². The number of hydrogen-bond acceptors (Lipinski definition) is 3. The Bertz CT molecular complexity index is 558. The molecule has 22 heavy (non-hydrogen) atoms. The third-order valence-electron chi connectivity index (χ3n) is 3.77. The summed E-state index contributed by atoms with van der Waals surface area (Å²) in [5.74, 6) is -5.19. The maximum Gasteiger partial charge on any atom is 0.428 e. The highest BCUT2D eigenvalue weighted by Crippen LogP contribution is 2.41. The van der Waals surface area contributed by atoms with Gasteiger partial charge < -0.3 is 15.3 Å². The van der Waals surface area contributed by atoms with Gasteiger partial charge in [0.1, 0.15) is 11.6 Å². The molecule has 0 aromatic heterocycles. The first-order valence-corrected chi connectivity index (χ1v) is 6.41. The summed E-state index contributed by atoms with van der Waals surface area (Å²) in [6, 6.07) is 3.00. The monoisotopic (exact) mass is 324 g/mol. The zero-order valence-corrected chi connectivity index (χ0v) is 11.9. The van der Waals surface area contributed by atoms with Crippen LogP contribution >= 0.6 is 0 Å². The SMILES string of the molecule is CC(CC(O)(C(=O)O)C(F)(F)F)C(C)c1cc(F)ccc1O. The van der Waals surface area contributed by atoms with Crippen molar-refractivity contribution in [2.24, 2.45) is 5.92 Å². The zero-order chi connectivity index (χ0) is 17.3. The number of halogens is 4. The predicted octanol–water partition coefficient (Wildman–Crippen LogP) is 3.04. The van der Waals surface area contributed by atoms with Crippen LogP contribution in [-0.4, -0.2) is 33.1 Å². The zero-order valence-electron chi connectivity index (χ0n) is 11.9. The van der Waals surface area contributed by atoms with Gasteiger partial charge in [0.25, 0.3) is 5.60 Å². The molecule has 0 heterocycles. The molecule has 0 saturated carbocycles. The third kappa shape index (κ3) is 3.49. The van der Waals surface area contributed by atoms with Crippen LogP contribution in [-0.2, 0) is 4.79 Å². The smallest absolute Gasteiger partial charge is 0.428 e. The number of alkyl halides is 3. The number of aromatic hydroxyl groups is 1. The van der Waals surface area contributed by atoms with Crippen molar-refractivity contribution in [3.8, 4) is 5.75 Å². The molecule has 4 nitrogen and oxygen atoms in total. The predicted molar refractivity (Wildman–Crippen MR) is 68.9 cm³/mol. The molecular formula is C14H16F4O4. The molecule has 0 fully saturated rings. The van der Waals surface area contributed by atoms with Crippen molar-refractivity contribution in [2.75, 3.05) is 0 Å². The molecule has 0 saturated heterocycles. The first-order chi connectivity index (χ1) is 9.90. The Morgan fingerprint density at radius 3 is 2.27 bits per heavy atom. The van der Waals surface area contributed by atoms with Crippen LogP contribution in [0.25, 0.3) is 0 Å². The number of carbonyl (C=O) groups is 1. The van der Waals surface area contributed by atoms with E-state index in [-0.39, 0.29) is 11.3 Å². The third-order valence-corrected chi connectivity index (χ3v) is 3.77. The number of hydrogen-bond donors (Lipinski definition) is 3. The quantitative estimate of drug-likeness (QED) is 0.728. The van der Waals surface area contributed by atoms with Gasteiger partial charge >= 0.3 is 12.1 Å². The van der Waals surface area contributed by atoms with Gasteiger partial charge in [-0.25, -0.2) is 9.18 Å². The lowest BCUT2D eigenvalue weighted by Crippen LogP contribution is -2.53. The van der Waals surface area contributed by atoms with E-state index in [9.17, 15) is 32.6 Å². The molecule has 124 valence electrons. The molecule has 0 aliphatic heterocycles. The Hall–Kier alpha value is -1.83. The number of benzene rings is 1. The van der Waals surface area contributed by atoms with Gasteiger partial charge in [0.15, 0.2) is 0 Å². The van der Waals surface area contributed by atoms with Gasteiger partial charge in [-0.3, -0.25) is 0 Å². The molecule has 3 atom stereocenters. The molecule has 0 aliphatic rings. The van der Waals surface area contributed by atoms with Crippen molar-refractivity contribution >= 4 is 5.97 Å². The summed E-state index contributed by atoms with van der Waals surface area (Å²) >= 11 is 0. The molecule has 3 N–H and O–H groups in total. The van der Waals surface area contributed by atoms with Crippen molar-refractivity contribution in [3.63, 3.8) is 0 Å². The van der Waals surface area contributed by atoms with E-state index < -0.39 is 41.8 Å². The lowest BCUT2D eigenvalue weighted by atomic mass is 9.80. The van der Waals surface area contributed by atoms with Crippen LogP contribution in [0.3, 0.4) is 0 Å². The average Bonchev–Trinajstić information content (AvgIpc) is 2.39. The summed E-state index contributed by atoms with van der Waals surface area (Å²) in [4.78, 5) is 10.8. The molecule has 1 rings (SSSR count). The van der Waals surface area contributed by atoms with E-state index in [4.69, 9.17) is 5.11 Å². The fourth-order valence-corrected chi connectivity index (χ4v) is 2.16. The van der Waals surface area contributed by atoms with Gasteiger partial charge in [-0.2, -0.15) is 13.2 Å². The average molecular weight is 324 g/mol. The van der Waals surface area contributed by atoms with Crippen LogP contribution in [0, 0.1) is 11.7 Å². The van der Waals surface area contributed by atoms with Gasteiger partial charge in [0, 0.05) is 0 Å². The van der Waals surface area contributed by atoms with E-state index in [1.165, 1.54) is 13.8 Å². The lowest BCUT2D eigenvalue weighted by Gasteiger charge is -2.31. The van der Waals surface area contributed by atoms with Crippen molar-refractivity contribution in [3.05, 3.63) is 29.6 Å². The molecule has 0 bridgehead atoms. The molecule has 8 heteroatoms. The maximum absolute atomic E-state index is 13.2. The molecule has 0 spiro atoms. The van der Waals surface area contributed by atoms with E-state index in [2.05, 4.69) is 0 Å². The van der Waals surface area contributed by atoms with Crippen LogP contribution in [0.2, 0.25) is 0 Å². The van der Waals surface area contributed by atoms with Crippen molar-refractivity contribution in [1.29, 1.82) is 0 Å². The van der Waals surface area contributed by atoms with Crippen LogP contribution in [0.1, 0.15) is 31.7 Å². The highest BCUT2D eigenvalue weighted by atomic mass is 19.4. The van der Waals surface area contributed by atoms with Crippen molar-refractivity contribution < 1.29 is 37.7 Å². The summed E-state index contributed by atoms with van der Waals surface area (Å²) < 4.78 is 51.5. The van der Waals surface area contributed by atoms with Gasteiger partial charge in [0.2, 0.25) is 0 Å². The number of phenols is 1. The molecule has 1 aromatic carbocycles. The Kier molecular flexibility index (Phi) is 5.06. The largest absolute Gasteiger partial charge is 0.508 e. The molecule has 3 unspecified atom stereocenters. The molecular weight excluding hydrogens is 308 g/mol. The van der Waals surface area contributed by atoms with Gasteiger partial charge in [-0.15, -0.1) is 0 Å². The van der Waals surface area contributed by atoms with E-state index in [0.29, 0.717) is 0 Å². The van der Waals surface area contributed by atoms with Gasteiger partial charge in [0.05, 0.1) is 0 Å². The maximum atomic E-state index is 13.2. The molecule has 0 radical (unpaired) electrons. The first kappa shape index (κ1) is 18.2. The van der Waals surface area contributed by atoms with E-state index >= 15 is 0 Å². The molecule has 0 aliphatic carbocycles. The summed E-state index contributed by atoms with van der Waals surface area (Å²) in [6.45, 7) is 2.70. The van der Waals surface area contributed by atoms with Crippen LogP contribution in [0.5, 0.6) is 5.75 Å². The Morgan fingerprint density at radius 2 is 1.82 bits per heavy atom. The van der Waals surface area contributed by atoms with Crippen LogP contribution in [0.4, 0.5) is 17.6 Å². The number of carboxylic acids is 1. The fraction of sp³-hybridized carbons (Fsp3) is 0.500. The minimum atomic E-state index is -5.35. The normalized spacial score (nSPS) is 17.6. The van der Waals surface area contributed by atoms with Crippen LogP contribution < -0.4 is 0 Å². The number of aliphatic carboxylic acids is 1. The topological polar surface area (TPSA) is 77.8 Å². The number of carboxylic acid groups (broad SMARTS) is 1. The lowest BCUT2D eigenvalue weighted by molar-refractivity contribution is -0.265. The fourth-order valence-electron chi connectivity index (χ4n) is 2.16. The second-order valence-corrected chi connectivity index (χ2v) is 5.34. The second kappa shape index (κ2) is 6.12. The highest BCUT2D eigenvalue weighted by Gasteiger charge is 2.60.